The molecule has 0 saturated heterocycles. The van der Waals surface area contributed by atoms with E-state index in [4.69, 9.17) is 0 Å². The third-order valence-corrected chi connectivity index (χ3v) is 3.48. The number of likely N-dealkylation sites (N-methyl/N-ethyl adjacent to an activating group) is 1. The van der Waals surface area contributed by atoms with Crippen LogP contribution in [0, 0.1) is 0 Å². The Labute approximate surface area is 91.7 Å². The predicted octanol–water partition coefficient (Wildman–Crippen LogP) is 2.00. The Kier molecular flexibility index (Phi) is 3.10. The molecule has 0 unspecified atom stereocenters. The quantitative estimate of drug-likeness (QED) is 0.775. The first kappa shape index (κ1) is 10.7. The van der Waals surface area contributed by atoms with Gasteiger partial charge in [-0.15, -0.1) is 0 Å². The summed E-state index contributed by atoms with van der Waals surface area (Å²) in [7, 11) is 2.02. The molecule has 1 heterocycles. The number of aromatic nitrogens is 2. The van der Waals surface area contributed by atoms with Crippen LogP contribution in [0.3, 0.4) is 0 Å². The van der Waals surface area contributed by atoms with E-state index >= 15 is 0 Å². The third kappa shape index (κ3) is 1.93. The maximum atomic E-state index is 4.55. The van der Waals surface area contributed by atoms with E-state index in [1.165, 1.54) is 37.2 Å². The molecule has 2 N–H and O–H groups in total. The normalized spacial score (nSPS) is 18.8. The summed E-state index contributed by atoms with van der Waals surface area (Å²) < 4.78 is 0. The Morgan fingerprint density at radius 1 is 1.53 bits per heavy atom. The topological polar surface area (TPSA) is 40.7 Å². The van der Waals surface area contributed by atoms with Gasteiger partial charge in [0.1, 0.15) is 5.82 Å². The minimum atomic E-state index is 0.306. The summed E-state index contributed by atoms with van der Waals surface area (Å²) in [5, 5.41) is 3.29. The fourth-order valence-corrected chi connectivity index (χ4v) is 2.46. The highest BCUT2D eigenvalue weighted by molar-refractivity contribution is 5.17. The summed E-state index contributed by atoms with van der Waals surface area (Å²) in [6.07, 6.45) is 8.18. The Hall–Kier alpha value is -0.830. The first-order valence-corrected chi connectivity index (χ1v) is 6.00. The van der Waals surface area contributed by atoms with Crippen LogP contribution in [0.5, 0.6) is 0 Å². The lowest BCUT2D eigenvalue weighted by Gasteiger charge is -2.40. The van der Waals surface area contributed by atoms with E-state index in [0.717, 1.165) is 13.0 Å². The second kappa shape index (κ2) is 4.35. The highest BCUT2D eigenvalue weighted by Gasteiger charge is 2.40. The molecule has 1 fully saturated rings. The highest BCUT2D eigenvalue weighted by atomic mass is 15.0. The van der Waals surface area contributed by atoms with Gasteiger partial charge in [-0.2, -0.15) is 0 Å². The van der Waals surface area contributed by atoms with E-state index in [2.05, 4.69) is 22.2 Å². The lowest BCUT2D eigenvalue weighted by molar-refractivity contribution is 0.226. The van der Waals surface area contributed by atoms with Gasteiger partial charge in [-0.1, -0.05) is 19.8 Å². The molecule has 0 bridgehead atoms. The summed E-state index contributed by atoms with van der Waals surface area (Å²) in [4.78, 5) is 8.04. The van der Waals surface area contributed by atoms with E-state index in [9.17, 15) is 0 Å². The van der Waals surface area contributed by atoms with Crippen molar-refractivity contribution in [3.63, 3.8) is 0 Å². The van der Waals surface area contributed by atoms with Gasteiger partial charge in [0.05, 0.1) is 0 Å². The van der Waals surface area contributed by atoms with Crippen molar-refractivity contribution in [2.75, 3.05) is 13.6 Å². The molecule has 84 valence electrons. The van der Waals surface area contributed by atoms with Crippen LogP contribution in [0.1, 0.15) is 44.1 Å². The van der Waals surface area contributed by atoms with E-state index in [1.54, 1.807) is 0 Å². The van der Waals surface area contributed by atoms with E-state index in [-0.39, 0.29) is 0 Å². The van der Waals surface area contributed by atoms with Crippen molar-refractivity contribution in [1.29, 1.82) is 0 Å². The molecule has 1 aliphatic rings. The minimum Gasteiger partial charge on any atom is -0.345 e. The van der Waals surface area contributed by atoms with Crippen LogP contribution in [-0.2, 0) is 11.8 Å². The van der Waals surface area contributed by atoms with Gasteiger partial charge in [-0.05, 0) is 26.3 Å². The average molecular weight is 207 g/mol. The molecule has 1 saturated carbocycles. The fraction of sp³-hybridized carbons (Fsp3) is 0.750. The van der Waals surface area contributed by atoms with Gasteiger partial charge in [-0.25, -0.2) is 4.98 Å². The van der Waals surface area contributed by atoms with Gasteiger partial charge in [0.25, 0.3) is 0 Å². The van der Waals surface area contributed by atoms with Crippen LogP contribution in [-0.4, -0.2) is 23.6 Å². The fourth-order valence-electron chi connectivity index (χ4n) is 2.46. The minimum absolute atomic E-state index is 0.306. The zero-order chi connectivity index (χ0) is 10.7. The van der Waals surface area contributed by atoms with Crippen LogP contribution in [0.4, 0.5) is 0 Å². The van der Waals surface area contributed by atoms with Crippen molar-refractivity contribution >= 4 is 0 Å². The second-order valence-corrected chi connectivity index (χ2v) is 4.67. The molecule has 15 heavy (non-hydrogen) atoms. The lowest BCUT2D eigenvalue weighted by atomic mass is 9.68. The molecule has 0 aliphatic heterocycles. The number of nitrogens with zero attached hydrogens (tertiary/aromatic N) is 1. The molecule has 3 nitrogen and oxygen atoms in total. The number of H-pyrrole nitrogens is 1. The number of imidazole rings is 1. The van der Waals surface area contributed by atoms with Crippen LogP contribution >= 0.6 is 0 Å². The van der Waals surface area contributed by atoms with Gasteiger partial charge >= 0.3 is 0 Å². The lowest BCUT2D eigenvalue weighted by Crippen LogP contribution is -2.43. The third-order valence-electron chi connectivity index (χ3n) is 3.48. The summed E-state index contributed by atoms with van der Waals surface area (Å²) in [5.41, 5.74) is 1.59. The van der Waals surface area contributed by atoms with Crippen LogP contribution in [0.15, 0.2) is 6.20 Å². The number of aryl methyl sites for hydroxylation is 1. The number of nitrogens with one attached hydrogen (secondary N) is 2. The Bertz CT molecular complexity index is 312. The summed E-state index contributed by atoms with van der Waals surface area (Å²) in [6, 6.07) is 0. The van der Waals surface area contributed by atoms with Gasteiger partial charge in [0.2, 0.25) is 0 Å². The smallest absolute Gasteiger partial charge is 0.113 e. The van der Waals surface area contributed by atoms with E-state index in [1.807, 2.05) is 13.2 Å². The molecular formula is C12H21N3. The molecular weight excluding hydrogens is 186 g/mol. The summed E-state index contributed by atoms with van der Waals surface area (Å²) >= 11 is 0. The maximum absolute atomic E-state index is 4.55. The van der Waals surface area contributed by atoms with Crippen LogP contribution < -0.4 is 5.32 Å². The van der Waals surface area contributed by atoms with Gasteiger partial charge in [-0.3, -0.25) is 0 Å². The Balaban J connectivity index is 2.12. The highest BCUT2D eigenvalue weighted by Crippen LogP contribution is 2.41. The molecule has 0 amide bonds. The van der Waals surface area contributed by atoms with E-state index in [0.29, 0.717) is 5.41 Å². The molecule has 1 aromatic heterocycles. The number of hydrogen-bond acceptors (Lipinski definition) is 2. The van der Waals surface area contributed by atoms with Crippen molar-refractivity contribution in [1.82, 2.24) is 15.3 Å². The molecule has 0 radical (unpaired) electrons. The molecule has 1 aliphatic carbocycles. The van der Waals surface area contributed by atoms with Crippen molar-refractivity contribution in [3.05, 3.63) is 17.7 Å². The zero-order valence-corrected chi connectivity index (χ0v) is 9.77. The average Bonchev–Trinajstić information content (AvgIpc) is 2.61. The SMILES string of the molecule is CCCc1cnc(C2(CNC)CCC2)[nH]1. The molecule has 3 heteroatoms. The van der Waals surface area contributed by atoms with E-state index < -0.39 is 0 Å². The monoisotopic (exact) mass is 207 g/mol. The first-order valence-electron chi connectivity index (χ1n) is 6.00. The molecule has 2 rings (SSSR count). The van der Waals surface area contributed by atoms with Crippen molar-refractivity contribution in [3.8, 4) is 0 Å². The zero-order valence-electron chi connectivity index (χ0n) is 9.77. The van der Waals surface area contributed by atoms with Crippen molar-refractivity contribution < 1.29 is 0 Å². The maximum Gasteiger partial charge on any atom is 0.113 e. The number of aromatic amines is 1. The molecule has 0 spiro atoms. The van der Waals surface area contributed by atoms with Gasteiger partial charge in [0, 0.05) is 23.9 Å². The second-order valence-electron chi connectivity index (χ2n) is 4.67. The molecule has 1 aromatic rings. The van der Waals surface area contributed by atoms with Gasteiger partial charge in [0.15, 0.2) is 0 Å². The number of hydrogen-bond donors (Lipinski definition) is 2. The van der Waals surface area contributed by atoms with Crippen molar-refractivity contribution in [2.45, 2.75) is 44.4 Å². The van der Waals surface area contributed by atoms with Crippen molar-refractivity contribution in [2.24, 2.45) is 0 Å². The largest absolute Gasteiger partial charge is 0.345 e. The van der Waals surface area contributed by atoms with Crippen LogP contribution in [0.25, 0.3) is 0 Å². The Morgan fingerprint density at radius 2 is 2.33 bits per heavy atom. The standard InChI is InChI=1S/C12H21N3/c1-3-5-10-8-14-11(15-10)12(9-13-2)6-4-7-12/h8,13H,3-7,9H2,1-2H3,(H,14,15). The molecule has 0 aromatic carbocycles. The predicted molar refractivity (Wildman–Crippen MR) is 62.0 cm³/mol. The molecule has 0 atom stereocenters. The summed E-state index contributed by atoms with van der Waals surface area (Å²) in [6.45, 7) is 3.25. The Morgan fingerprint density at radius 3 is 2.87 bits per heavy atom. The van der Waals surface area contributed by atoms with Crippen LogP contribution in [0.2, 0.25) is 0 Å². The number of rotatable bonds is 5. The first-order chi connectivity index (χ1) is 7.30. The van der Waals surface area contributed by atoms with Gasteiger partial charge < -0.3 is 10.3 Å². The summed E-state index contributed by atoms with van der Waals surface area (Å²) in [5.74, 6) is 1.20.